The van der Waals surface area contributed by atoms with Crippen LogP contribution in [0.4, 0.5) is 0 Å². The van der Waals surface area contributed by atoms with Crippen molar-refractivity contribution in [1.82, 2.24) is 10.3 Å². The molecule has 0 aliphatic carbocycles. The van der Waals surface area contributed by atoms with E-state index < -0.39 is 0 Å². The molecule has 0 spiro atoms. The highest BCUT2D eigenvalue weighted by Gasteiger charge is 2.16. The zero-order chi connectivity index (χ0) is 8.39. The quantitative estimate of drug-likeness (QED) is 0.830. The summed E-state index contributed by atoms with van der Waals surface area (Å²) < 4.78 is 1.08. The second-order valence-electron chi connectivity index (χ2n) is 3.24. The van der Waals surface area contributed by atoms with Gasteiger partial charge in [-0.3, -0.25) is 4.98 Å². The Balaban J connectivity index is 2.02. The minimum atomic E-state index is 0.820. The van der Waals surface area contributed by atoms with Crippen molar-refractivity contribution in [3.8, 4) is 0 Å². The van der Waals surface area contributed by atoms with Gasteiger partial charge in [0.2, 0.25) is 0 Å². The van der Waals surface area contributed by atoms with Gasteiger partial charge in [0.05, 0.1) is 0 Å². The van der Waals surface area contributed by atoms with Crippen molar-refractivity contribution in [3.63, 3.8) is 0 Å². The van der Waals surface area contributed by atoms with Crippen LogP contribution in [0.25, 0.3) is 0 Å². The first-order valence-electron chi connectivity index (χ1n) is 4.15. The Kier molecular flexibility index (Phi) is 2.42. The summed E-state index contributed by atoms with van der Waals surface area (Å²) >= 11 is 3.41. The molecule has 0 aromatic carbocycles. The van der Waals surface area contributed by atoms with Crippen molar-refractivity contribution in [1.29, 1.82) is 0 Å². The van der Waals surface area contributed by atoms with Gasteiger partial charge in [0, 0.05) is 16.9 Å². The average molecular weight is 227 g/mol. The van der Waals surface area contributed by atoms with E-state index in [1.165, 1.54) is 5.56 Å². The van der Waals surface area contributed by atoms with Gasteiger partial charge in [0.25, 0.3) is 0 Å². The number of hydrogen-bond donors (Lipinski definition) is 1. The van der Waals surface area contributed by atoms with Gasteiger partial charge in [-0.25, -0.2) is 0 Å². The Morgan fingerprint density at radius 3 is 2.92 bits per heavy atom. The Hall–Kier alpha value is -0.410. The molecule has 0 saturated carbocycles. The van der Waals surface area contributed by atoms with Crippen molar-refractivity contribution in [3.05, 3.63) is 28.5 Å². The van der Waals surface area contributed by atoms with Crippen molar-refractivity contribution in [2.24, 2.45) is 5.92 Å². The molecule has 1 aromatic heterocycles. The van der Waals surface area contributed by atoms with E-state index >= 15 is 0 Å². The summed E-state index contributed by atoms with van der Waals surface area (Å²) in [6.45, 7) is 2.32. The fraction of sp³-hybridized carbons (Fsp3) is 0.444. The van der Waals surface area contributed by atoms with Crippen molar-refractivity contribution in [2.45, 2.75) is 6.42 Å². The van der Waals surface area contributed by atoms with Crippen molar-refractivity contribution in [2.75, 3.05) is 13.1 Å². The first-order valence-corrected chi connectivity index (χ1v) is 4.94. The summed E-state index contributed by atoms with van der Waals surface area (Å²) in [4.78, 5) is 4.13. The number of nitrogens with one attached hydrogen (secondary N) is 1. The highest BCUT2D eigenvalue weighted by Crippen LogP contribution is 2.15. The van der Waals surface area contributed by atoms with Gasteiger partial charge in [-0.2, -0.15) is 0 Å². The molecular weight excluding hydrogens is 216 g/mol. The number of halogens is 1. The molecule has 1 N–H and O–H groups in total. The fourth-order valence-electron chi connectivity index (χ4n) is 1.39. The maximum atomic E-state index is 4.13. The third-order valence-corrected chi connectivity index (χ3v) is 2.59. The molecule has 64 valence electrons. The Bertz CT molecular complexity index is 271. The average Bonchev–Trinajstić information content (AvgIpc) is 1.97. The molecule has 1 aliphatic heterocycles. The van der Waals surface area contributed by atoms with Crippen molar-refractivity contribution >= 4 is 15.9 Å². The van der Waals surface area contributed by atoms with Gasteiger partial charge in [-0.1, -0.05) is 0 Å². The third kappa shape index (κ3) is 1.84. The number of rotatable bonds is 2. The molecule has 1 saturated heterocycles. The van der Waals surface area contributed by atoms with Crippen LogP contribution in [-0.2, 0) is 6.42 Å². The van der Waals surface area contributed by atoms with Crippen LogP contribution in [0.15, 0.2) is 22.9 Å². The standard InChI is InChI=1S/C9H11BrN2/c10-9-2-7(3-12-6-9)1-8-4-11-5-8/h2-3,6,8,11H,1,4-5H2. The summed E-state index contributed by atoms with van der Waals surface area (Å²) in [5.74, 6) is 0.820. The molecular formula is C9H11BrN2. The molecule has 0 atom stereocenters. The van der Waals surface area contributed by atoms with Gasteiger partial charge in [0.1, 0.15) is 0 Å². The molecule has 12 heavy (non-hydrogen) atoms. The monoisotopic (exact) mass is 226 g/mol. The van der Waals surface area contributed by atoms with Crippen LogP contribution < -0.4 is 5.32 Å². The lowest BCUT2D eigenvalue weighted by Crippen LogP contribution is -2.43. The van der Waals surface area contributed by atoms with E-state index in [4.69, 9.17) is 0 Å². The summed E-state index contributed by atoms with van der Waals surface area (Å²) in [6, 6.07) is 2.14. The lowest BCUT2D eigenvalue weighted by molar-refractivity contribution is 0.346. The Labute approximate surface area is 80.5 Å². The van der Waals surface area contributed by atoms with E-state index in [1.807, 2.05) is 12.4 Å². The SMILES string of the molecule is Brc1cncc(CC2CNC2)c1. The molecule has 1 aromatic rings. The molecule has 0 bridgehead atoms. The zero-order valence-electron chi connectivity index (χ0n) is 6.76. The fourth-order valence-corrected chi connectivity index (χ4v) is 1.81. The predicted molar refractivity (Wildman–Crippen MR) is 52.0 cm³/mol. The molecule has 0 unspecified atom stereocenters. The van der Waals surface area contributed by atoms with Gasteiger partial charge in [-0.05, 0) is 53.0 Å². The van der Waals surface area contributed by atoms with E-state index in [-0.39, 0.29) is 0 Å². The minimum absolute atomic E-state index is 0.820. The maximum Gasteiger partial charge on any atom is 0.0410 e. The van der Waals surface area contributed by atoms with Gasteiger partial charge in [-0.15, -0.1) is 0 Å². The Morgan fingerprint density at radius 2 is 2.33 bits per heavy atom. The summed E-state index contributed by atoms with van der Waals surface area (Å²) in [6.07, 6.45) is 4.92. The van der Waals surface area contributed by atoms with Crippen LogP contribution in [0.3, 0.4) is 0 Å². The third-order valence-electron chi connectivity index (χ3n) is 2.15. The highest BCUT2D eigenvalue weighted by molar-refractivity contribution is 9.10. The lowest BCUT2D eigenvalue weighted by Gasteiger charge is -2.26. The molecule has 2 nitrogen and oxygen atoms in total. The summed E-state index contributed by atoms with van der Waals surface area (Å²) in [5.41, 5.74) is 1.33. The van der Waals surface area contributed by atoms with Crippen molar-refractivity contribution < 1.29 is 0 Å². The van der Waals surface area contributed by atoms with Crippen LogP contribution in [0.5, 0.6) is 0 Å². The lowest BCUT2D eigenvalue weighted by atomic mass is 9.95. The number of hydrogen-bond acceptors (Lipinski definition) is 2. The Morgan fingerprint density at radius 1 is 1.50 bits per heavy atom. The second-order valence-corrected chi connectivity index (χ2v) is 4.16. The van der Waals surface area contributed by atoms with Gasteiger partial charge < -0.3 is 5.32 Å². The number of pyridine rings is 1. The molecule has 2 heterocycles. The first kappa shape index (κ1) is 8.20. The smallest absolute Gasteiger partial charge is 0.0410 e. The highest BCUT2D eigenvalue weighted by atomic mass is 79.9. The summed E-state index contributed by atoms with van der Waals surface area (Å²) in [5, 5.41) is 3.26. The number of aromatic nitrogens is 1. The molecule has 0 amide bonds. The van der Waals surface area contributed by atoms with E-state index in [1.54, 1.807) is 0 Å². The number of nitrogens with zero attached hydrogens (tertiary/aromatic N) is 1. The van der Waals surface area contributed by atoms with E-state index in [0.29, 0.717) is 0 Å². The second kappa shape index (κ2) is 3.54. The largest absolute Gasteiger partial charge is 0.316 e. The van der Waals surface area contributed by atoms with Crippen LogP contribution >= 0.6 is 15.9 Å². The van der Waals surface area contributed by atoms with Crippen LogP contribution in [-0.4, -0.2) is 18.1 Å². The summed E-state index contributed by atoms with van der Waals surface area (Å²) in [7, 11) is 0. The van der Waals surface area contributed by atoms with E-state index in [9.17, 15) is 0 Å². The van der Waals surface area contributed by atoms with Crippen LogP contribution in [0.1, 0.15) is 5.56 Å². The van der Waals surface area contributed by atoms with E-state index in [2.05, 4.69) is 32.3 Å². The molecule has 1 aliphatic rings. The predicted octanol–water partition coefficient (Wildman–Crippen LogP) is 1.61. The first-order chi connectivity index (χ1) is 5.84. The minimum Gasteiger partial charge on any atom is -0.316 e. The van der Waals surface area contributed by atoms with Gasteiger partial charge in [0.15, 0.2) is 0 Å². The zero-order valence-corrected chi connectivity index (χ0v) is 8.34. The maximum absolute atomic E-state index is 4.13. The van der Waals surface area contributed by atoms with Crippen LogP contribution in [0, 0.1) is 5.92 Å². The van der Waals surface area contributed by atoms with Gasteiger partial charge >= 0.3 is 0 Å². The molecule has 2 rings (SSSR count). The topological polar surface area (TPSA) is 24.9 Å². The molecule has 0 radical (unpaired) electrons. The van der Waals surface area contributed by atoms with E-state index in [0.717, 1.165) is 29.9 Å². The molecule has 3 heteroatoms. The van der Waals surface area contributed by atoms with Crippen LogP contribution in [0.2, 0.25) is 0 Å². The normalized spacial score (nSPS) is 17.4. The molecule has 1 fully saturated rings.